The molecule has 0 atom stereocenters. The zero-order valence-electron chi connectivity index (χ0n) is 13.2. The number of rotatable bonds is 6. The van der Waals surface area contributed by atoms with E-state index in [0.29, 0.717) is 5.75 Å². The highest BCUT2D eigenvalue weighted by Crippen LogP contribution is 2.22. The second-order valence-corrected chi connectivity index (χ2v) is 7.54. The van der Waals surface area contributed by atoms with Crippen LogP contribution in [-0.4, -0.2) is 28.9 Å². The lowest BCUT2D eigenvalue weighted by Crippen LogP contribution is -2.34. The summed E-state index contributed by atoms with van der Waals surface area (Å²) in [7, 11) is 0. The molecule has 5 heteroatoms. The third-order valence-electron chi connectivity index (χ3n) is 2.75. The molecule has 0 radical (unpaired) electrons. The molecule has 2 amide bonds. The Balaban J connectivity index is 2.39. The van der Waals surface area contributed by atoms with E-state index in [0.717, 1.165) is 17.7 Å². The van der Waals surface area contributed by atoms with Crippen LogP contribution in [0.15, 0.2) is 24.3 Å². The minimum absolute atomic E-state index is 0.00157. The Morgan fingerprint density at radius 1 is 1.14 bits per heavy atom. The summed E-state index contributed by atoms with van der Waals surface area (Å²) in [5.74, 6) is 0.0429. The topological polar surface area (TPSA) is 58.2 Å². The molecule has 0 aliphatic carbocycles. The molecule has 0 aliphatic rings. The highest BCUT2D eigenvalue weighted by molar-refractivity contribution is 8.01. The van der Waals surface area contributed by atoms with Crippen molar-refractivity contribution in [2.24, 2.45) is 0 Å². The van der Waals surface area contributed by atoms with Crippen LogP contribution in [-0.2, 0) is 16.0 Å². The van der Waals surface area contributed by atoms with Gasteiger partial charge in [0.05, 0.1) is 12.3 Å². The van der Waals surface area contributed by atoms with Crippen molar-refractivity contribution in [3.05, 3.63) is 29.8 Å². The van der Waals surface area contributed by atoms with Crippen molar-refractivity contribution in [2.75, 3.05) is 17.6 Å². The predicted octanol–water partition coefficient (Wildman–Crippen LogP) is 2.84. The zero-order chi connectivity index (χ0) is 15.9. The number of benzene rings is 1. The SMILES string of the molecule is CCc1ccccc1NC(=O)CNC(=O)CSC(C)(C)C. The Kier molecular flexibility index (Phi) is 6.75. The van der Waals surface area contributed by atoms with Crippen molar-refractivity contribution in [3.63, 3.8) is 0 Å². The summed E-state index contributed by atoms with van der Waals surface area (Å²) in [6.07, 6.45) is 0.852. The largest absolute Gasteiger partial charge is 0.346 e. The van der Waals surface area contributed by atoms with Crippen LogP contribution in [0.5, 0.6) is 0 Å². The van der Waals surface area contributed by atoms with Crippen molar-refractivity contribution in [3.8, 4) is 0 Å². The fourth-order valence-electron chi connectivity index (χ4n) is 1.66. The maximum absolute atomic E-state index is 11.9. The summed E-state index contributed by atoms with van der Waals surface area (Å²) in [5, 5.41) is 5.47. The molecule has 1 rings (SSSR count). The number of thioether (sulfide) groups is 1. The number of carbonyl (C=O) groups is 2. The van der Waals surface area contributed by atoms with Gasteiger partial charge in [-0.05, 0) is 18.1 Å². The monoisotopic (exact) mass is 308 g/mol. The number of hydrogen-bond donors (Lipinski definition) is 2. The molecule has 0 unspecified atom stereocenters. The Morgan fingerprint density at radius 2 is 1.81 bits per heavy atom. The molecule has 0 aliphatic heterocycles. The quantitative estimate of drug-likeness (QED) is 0.849. The first-order chi connectivity index (χ1) is 9.81. The lowest BCUT2D eigenvalue weighted by atomic mass is 10.1. The Hall–Kier alpha value is -1.49. The van der Waals surface area contributed by atoms with Crippen LogP contribution in [0.1, 0.15) is 33.3 Å². The molecule has 0 saturated carbocycles. The van der Waals surface area contributed by atoms with E-state index >= 15 is 0 Å². The van der Waals surface area contributed by atoms with E-state index in [9.17, 15) is 9.59 Å². The van der Waals surface area contributed by atoms with Gasteiger partial charge in [0.1, 0.15) is 0 Å². The van der Waals surface area contributed by atoms with Gasteiger partial charge in [0.15, 0.2) is 0 Å². The van der Waals surface area contributed by atoms with E-state index in [2.05, 4.69) is 31.4 Å². The van der Waals surface area contributed by atoms with Crippen molar-refractivity contribution in [1.29, 1.82) is 0 Å². The Bertz CT molecular complexity index is 495. The minimum Gasteiger partial charge on any atom is -0.346 e. The molecule has 21 heavy (non-hydrogen) atoms. The fourth-order valence-corrected chi connectivity index (χ4v) is 2.32. The van der Waals surface area contributed by atoms with Crippen molar-refractivity contribution < 1.29 is 9.59 Å². The van der Waals surface area contributed by atoms with Gasteiger partial charge in [0, 0.05) is 10.4 Å². The molecule has 116 valence electrons. The lowest BCUT2D eigenvalue weighted by Gasteiger charge is -2.17. The van der Waals surface area contributed by atoms with Crippen LogP contribution in [0.25, 0.3) is 0 Å². The molecule has 0 saturated heterocycles. The number of carbonyl (C=O) groups excluding carboxylic acids is 2. The lowest BCUT2D eigenvalue weighted by molar-refractivity contribution is -0.122. The molecule has 0 bridgehead atoms. The number of aryl methyl sites for hydroxylation is 1. The normalized spacial score (nSPS) is 11.0. The average molecular weight is 308 g/mol. The Labute approximate surface area is 131 Å². The maximum Gasteiger partial charge on any atom is 0.243 e. The van der Waals surface area contributed by atoms with Gasteiger partial charge in [-0.2, -0.15) is 0 Å². The van der Waals surface area contributed by atoms with Crippen LogP contribution in [0.2, 0.25) is 0 Å². The Morgan fingerprint density at radius 3 is 2.43 bits per heavy atom. The summed E-state index contributed by atoms with van der Waals surface area (Å²) in [6, 6.07) is 7.68. The van der Waals surface area contributed by atoms with E-state index in [1.807, 2.05) is 31.2 Å². The molecule has 0 heterocycles. The zero-order valence-corrected chi connectivity index (χ0v) is 14.0. The predicted molar refractivity (Wildman–Crippen MR) is 89.7 cm³/mol. The smallest absolute Gasteiger partial charge is 0.243 e. The minimum atomic E-state index is -0.204. The van der Waals surface area contributed by atoms with Crippen LogP contribution in [0.3, 0.4) is 0 Å². The highest BCUT2D eigenvalue weighted by Gasteiger charge is 2.14. The number of para-hydroxylation sites is 1. The van der Waals surface area contributed by atoms with E-state index in [4.69, 9.17) is 0 Å². The van der Waals surface area contributed by atoms with E-state index in [1.165, 1.54) is 0 Å². The van der Waals surface area contributed by atoms with Gasteiger partial charge in [-0.3, -0.25) is 9.59 Å². The summed E-state index contributed by atoms with van der Waals surface area (Å²) in [4.78, 5) is 23.5. The average Bonchev–Trinajstić information content (AvgIpc) is 2.42. The van der Waals surface area contributed by atoms with Crippen molar-refractivity contribution >= 4 is 29.3 Å². The summed E-state index contributed by atoms with van der Waals surface area (Å²) >= 11 is 1.56. The second kappa shape index (κ2) is 8.08. The van der Waals surface area contributed by atoms with E-state index in [-0.39, 0.29) is 23.1 Å². The van der Waals surface area contributed by atoms with Gasteiger partial charge in [-0.25, -0.2) is 0 Å². The van der Waals surface area contributed by atoms with Gasteiger partial charge >= 0.3 is 0 Å². The van der Waals surface area contributed by atoms with Crippen LogP contribution in [0.4, 0.5) is 5.69 Å². The first-order valence-corrected chi connectivity index (χ1v) is 8.09. The van der Waals surface area contributed by atoms with Crippen LogP contribution in [0, 0.1) is 0 Å². The number of nitrogens with one attached hydrogen (secondary N) is 2. The van der Waals surface area contributed by atoms with Crippen molar-refractivity contribution in [1.82, 2.24) is 5.32 Å². The molecule has 2 N–H and O–H groups in total. The number of anilines is 1. The summed E-state index contributed by atoms with van der Waals surface area (Å²) < 4.78 is 0.0413. The first-order valence-electron chi connectivity index (χ1n) is 7.10. The van der Waals surface area contributed by atoms with Crippen molar-refractivity contribution in [2.45, 2.75) is 38.9 Å². The molecule has 4 nitrogen and oxygen atoms in total. The van der Waals surface area contributed by atoms with Gasteiger partial charge in [-0.1, -0.05) is 45.9 Å². The molecule has 0 spiro atoms. The standard InChI is InChI=1S/C16H24N2O2S/c1-5-12-8-6-7-9-13(12)18-14(19)10-17-15(20)11-21-16(2,3)4/h6-9H,5,10-11H2,1-4H3,(H,17,20)(H,18,19). The first kappa shape index (κ1) is 17.6. The number of hydrogen-bond acceptors (Lipinski definition) is 3. The third kappa shape index (κ3) is 7.18. The summed E-state index contributed by atoms with van der Waals surface area (Å²) in [5.41, 5.74) is 1.89. The van der Waals surface area contributed by atoms with Crippen LogP contribution < -0.4 is 10.6 Å². The molecular weight excluding hydrogens is 284 g/mol. The number of amides is 2. The van der Waals surface area contributed by atoms with Gasteiger partial charge in [0.2, 0.25) is 11.8 Å². The van der Waals surface area contributed by atoms with Gasteiger partial charge < -0.3 is 10.6 Å². The van der Waals surface area contributed by atoms with E-state index < -0.39 is 0 Å². The maximum atomic E-state index is 11.9. The summed E-state index contributed by atoms with van der Waals surface area (Å²) in [6.45, 7) is 8.20. The molecular formula is C16H24N2O2S. The molecule has 0 aromatic heterocycles. The second-order valence-electron chi connectivity index (χ2n) is 5.74. The van der Waals surface area contributed by atoms with Gasteiger partial charge in [-0.15, -0.1) is 11.8 Å². The molecule has 1 aromatic carbocycles. The molecule has 1 aromatic rings. The van der Waals surface area contributed by atoms with E-state index in [1.54, 1.807) is 11.8 Å². The molecule has 0 fully saturated rings. The fraction of sp³-hybridized carbons (Fsp3) is 0.500. The van der Waals surface area contributed by atoms with Gasteiger partial charge in [0.25, 0.3) is 0 Å². The third-order valence-corrected chi connectivity index (χ3v) is 4.03. The highest BCUT2D eigenvalue weighted by atomic mass is 32.2. The van der Waals surface area contributed by atoms with Crippen LogP contribution >= 0.6 is 11.8 Å².